The number of ether oxygens (including phenoxy) is 2. The van der Waals surface area contributed by atoms with Gasteiger partial charge >= 0.3 is 0 Å². The zero-order valence-electron chi connectivity index (χ0n) is 9.12. The van der Waals surface area contributed by atoms with Crippen LogP contribution >= 0.6 is 0 Å². The molecule has 0 N–H and O–H groups in total. The zero-order valence-corrected chi connectivity index (χ0v) is 9.12. The van der Waals surface area contributed by atoms with Crippen LogP contribution in [0.3, 0.4) is 0 Å². The second kappa shape index (κ2) is 5.53. The predicted molar refractivity (Wildman–Crippen MR) is 57.9 cm³/mol. The van der Waals surface area contributed by atoms with E-state index in [1.807, 2.05) is 31.2 Å². The van der Waals surface area contributed by atoms with Crippen LogP contribution in [0, 0.1) is 5.92 Å². The van der Waals surface area contributed by atoms with E-state index in [2.05, 4.69) is 13.8 Å². The molecule has 1 aromatic carbocycles. The third-order valence-electron chi connectivity index (χ3n) is 1.72. The van der Waals surface area contributed by atoms with E-state index in [-0.39, 0.29) is 0 Å². The summed E-state index contributed by atoms with van der Waals surface area (Å²) in [5, 5.41) is 0. The molecule has 78 valence electrons. The van der Waals surface area contributed by atoms with E-state index in [1.165, 1.54) is 0 Å². The Hall–Kier alpha value is -1.18. The largest absolute Gasteiger partial charge is 0.494 e. The van der Waals surface area contributed by atoms with Crippen molar-refractivity contribution in [3.05, 3.63) is 24.3 Å². The Labute approximate surface area is 85.8 Å². The van der Waals surface area contributed by atoms with Gasteiger partial charge in [0.05, 0.1) is 13.2 Å². The van der Waals surface area contributed by atoms with Crippen LogP contribution in [-0.2, 0) is 0 Å². The van der Waals surface area contributed by atoms with Gasteiger partial charge in [-0.1, -0.05) is 13.8 Å². The lowest BCUT2D eigenvalue weighted by atomic mass is 10.2. The molecule has 2 nitrogen and oxygen atoms in total. The molecular formula is C12H18O2. The van der Waals surface area contributed by atoms with Crippen molar-refractivity contribution in [2.75, 3.05) is 13.2 Å². The predicted octanol–water partition coefficient (Wildman–Crippen LogP) is 3.12. The summed E-state index contributed by atoms with van der Waals surface area (Å²) >= 11 is 0. The first-order chi connectivity index (χ1) is 6.72. The Balaban J connectivity index is 2.46. The average Bonchev–Trinajstić information content (AvgIpc) is 2.17. The third kappa shape index (κ3) is 3.69. The normalized spacial score (nSPS) is 10.3. The molecule has 0 fully saturated rings. The maximum atomic E-state index is 5.54. The first-order valence-corrected chi connectivity index (χ1v) is 5.08. The van der Waals surface area contributed by atoms with E-state index < -0.39 is 0 Å². The topological polar surface area (TPSA) is 18.5 Å². The molecule has 0 atom stereocenters. The summed E-state index contributed by atoms with van der Waals surface area (Å²) in [5.74, 6) is 2.35. The summed E-state index contributed by atoms with van der Waals surface area (Å²) in [7, 11) is 0. The highest BCUT2D eigenvalue weighted by atomic mass is 16.5. The lowest BCUT2D eigenvalue weighted by Crippen LogP contribution is -2.04. The number of benzene rings is 1. The van der Waals surface area contributed by atoms with Gasteiger partial charge in [0.2, 0.25) is 0 Å². The molecule has 2 heteroatoms. The van der Waals surface area contributed by atoms with Crippen LogP contribution in [0.4, 0.5) is 0 Å². The Morgan fingerprint density at radius 3 is 1.93 bits per heavy atom. The van der Waals surface area contributed by atoms with E-state index in [0.29, 0.717) is 12.5 Å². The fraction of sp³-hybridized carbons (Fsp3) is 0.500. The molecule has 0 aliphatic carbocycles. The SMILES string of the molecule is CCOc1ccc(OCC(C)C)cc1. The van der Waals surface area contributed by atoms with Crippen LogP contribution in [0.5, 0.6) is 11.5 Å². The van der Waals surface area contributed by atoms with Crippen molar-refractivity contribution in [2.45, 2.75) is 20.8 Å². The molecule has 0 saturated heterocycles. The van der Waals surface area contributed by atoms with Crippen molar-refractivity contribution >= 4 is 0 Å². The molecule has 1 aromatic rings. The second-order valence-corrected chi connectivity index (χ2v) is 3.61. The van der Waals surface area contributed by atoms with E-state index in [4.69, 9.17) is 9.47 Å². The Bertz CT molecular complexity index is 252. The summed E-state index contributed by atoms with van der Waals surface area (Å²) in [6.07, 6.45) is 0. The quantitative estimate of drug-likeness (QED) is 0.717. The van der Waals surface area contributed by atoms with Crippen molar-refractivity contribution in [1.82, 2.24) is 0 Å². The molecule has 0 spiro atoms. The minimum atomic E-state index is 0.557. The highest BCUT2D eigenvalue weighted by Gasteiger charge is 1.97. The Morgan fingerprint density at radius 1 is 1.00 bits per heavy atom. The van der Waals surface area contributed by atoms with Gasteiger partial charge in [-0.2, -0.15) is 0 Å². The molecule has 0 amide bonds. The van der Waals surface area contributed by atoms with E-state index in [1.54, 1.807) is 0 Å². The maximum Gasteiger partial charge on any atom is 0.119 e. The molecule has 0 unspecified atom stereocenters. The molecule has 0 bridgehead atoms. The number of hydrogen-bond acceptors (Lipinski definition) is 2. The molecule has 1 rings (SSSR count). The summed E-state index contributed by atoms with van der Waals surface area (Å²) < 4.78 is 10.9. The molecule has 0 radical (unpaired) electrons. The van der Waals surface area contributed by atoms with Crippen molar-refractivity contribution in [2.24, 2.45) is 5.92 Å². The van der Waals surface area contributed by atoms with Crippen LogP contribution in [-0.4, -0.2) is 13.2 Å². The fourth-order valence-electron chi connectivity index (χ4n) is 1.06. The Morgan fingerprint density at radius 2 is 1.50 bits per heavy atom. The van der Waals surface area contributed by atoms with Crippen molar-refractivity contribution in [3.8, 4) is 11.5 Å². The van der Waals surface area contributed by atoms with Gasteiger partial charge in [0.1, 0.15) is 11.5 Å². The molecular weight excluding hydrogens is 176 g/mol. The van der Waals surface area contributed by atoms with Crippen LogP contribution < -0.4 is 9.47 Å². The van der Waals surface area contributed by atoms with Crippen LogP contribution in [0.1, 0.15) is 20.8 Å². The van der Waals surface area contributed by atoms with E-state index in [0.717, 1.165) is 18.1 Å². The monoisotopic (exact) mass is 194 g/mol. The smallest absolute Gasteiger partial charge is 0.119 e. The lowest BCUT2D eigenvalue weighted by Gasteiger charge is -2.09. The number of hydrogen-bond donors (Lipinski definition) is 0. The third-order valence-corrected chi connectivity index (χ3v) is 1.72. The minimum absolute atomic E-state index is 0.557. The van der Waals surface area contributed by atoms with Gasteiger partial charge in [-0.15, -0.1) is 0 Å². The zero-order chi connectivity index (χ0) is 10.4. The summed E-state index contributed by atoms with van der Waals surface area (Å²) in [5.41, 5.74) is 0. The van der Waals surface area contributed by atoms with Gasteiger partial charge in [-0.25, -0.2) is 0 Å². The van der Waals surface area contributed by atoms with Gasteiger partial charge in [0.15, 0.2) is 0 Å². The van der Waals surface area contributed by atoms with Gasteiger partial charge in [0, 0.05) is 0 Å². The van der Waals surface area contributed by atoms with Crippen molar-refractivity contribution in [1.29, 1.82) is 0 Å². The van der Waals surface area contributed by atoms with Crippen LogP contribution in [0.2, 0.25) is 0 Å². The van der Waals surface area contributed by atoms with Crippen LogP contribution in [0.25, 0.3) is 0 Å². The van der Waals surface area contributed by atoms with Gasteiger partial charge < -0.3 is 9.47 Å². The first-order valence-electron chi connectivity index (χ1n) is 5.08. The molecule has 0 aliphatic rings. The van der Waals surface area contributed by atoms with E-state index >= 15 is 0 Å². The standard InChI is InChI=1S/C12H18O2/c1-4-13-11-5-7-12(8-6-11)14-9-10(2)3/h5-8,10H,4,9H2,1-3H3. The van der Waals surface area contributed by atoms with E-state index in [9.17, 15) is 0 Å². The Kier molecular flexibility index (Phi) is 4.30. The molecule has 0 aromatic heterocycles. The number of rotatable bonds is 5. The summed E-state index contributed by atoms with van der Waals surface area (Å²) in [4.78, 5) is 0. The lowest BCUT2D eigenvalue weighted by molar-refractivity contribution is 0.270. The maximum absolute atomic E-state index is 5.54. The van der Waals surface area contributed by atoms with Gasteiger partial charge in [-0.05, 0) is 37.1 Å². The molecule has 0 heterocycles. The summed E-state index contributed by atoms with van der Waals surface area (Å²) in [6, 6.07) is 7.74. The molecule has 0 aliphatic heterocycles. The van der Waals surface area contributed by atoms with Crippen molar-refractivity contribution in [3.63, 3.8) is 0 Å². The van der Waals surface area contributed by atoms with Crippen LogP contribution in [0.15, 0.2) is 24.3 Å². The fourth-order valence-corrected chi connectivity index (χ4v) is 1.06. The minimum Gasteiger partial charge on any atom is -0.494 e. The first kappa shape index (κ1) is 10.9. The van der Waals surface area contributed by atoms with Crippen molar-refractivity contribution < 1.29 is 9.47 Å². The second-order valence-electron chi connectivity index (χ2n) is 3.61. The summed E-state index contributed by atoms with van der Waals surface area (Å²) in [6.45, 7) is 7.70. The average molecular weight is 194 g/mol. The highest BCUT2D eigenvalue weighted by molar-refractivity contribution is 5.31. The molecule has 14 heavy (non-hydrogen) atoms. The molecule has 0 saturated carbocycles. The highest BCUT2D eigenvalue weighted by Crippen LogP contribution is 2.17. The van der Waals surface area contributed by atoms with Gasteiger partial charge in [0.25, 0.3) is 0 Å². The van der Waals surface area contributed by atoms with Gasteiger partial charge in [-0.3, -0.25) is 0 Å².